The number of hydrogen-bond acceptors (Lipinski definition) is 7. The molecule has 2 aromatic carbocycles. The Bertz CT molecular complexity index is 1220. The Balaban J connectivity index is 1.59. The van der Waals surface area contributed by atoms with Crippen molar-refractivity contribution in [3.8, 4) is 5.75 Å². The van der Waals surface area contributed by atoms with Gasteiger partial charge in [-0.05, 0) is 75.6 Å². The third kappa shape index (κ3) is 8.76. The fraction of sp³-hybridized carbons (Fsp3) is 0.543. The molecule has 0 amide bonds. The van der Waals surface area contributed by atoms with E-state index in [4.69, 9.17) is 14.2 Å². The predicted octanol–water partition coefficient (Wildman–Crippen LogP) is 6.76. The molecule has 1 aliphatic heterocycles. The molecule has 2 aliphatic rings. The molecular formula is C35H44O7. The first-order valence-corrected chi connectivity index (χ1v) is 15.5. The van der Waals surface area contributed by atoms with E-state index in [1.165, 1.54) is 0 Å². The Kier molecular flexibility index (Phi) is 11.3. The highest BCUT2D eigenvalue weighted by atomic mass is 16.5. The van der Waals surface area contributed by atoms with E-state index < -0.39 is 40.9 Å². The van der Waals surface area contributed by atoms with Gasteiger partial charge < -0.3 is 14.2 Å². The molecule has 1 aliphatic carbocycles. The lowest BCUT2D eigenvalue weighted by atomic mass is 9.72. The molecule has 1 heterocycles. The maximum Gasteiger partial charge on any atom is 0.310 e. The van der Waals surface area contributed by atoms with Gasteiger partial charge in [-0.2, -0.15) is 0 Å². The van der Waals surface area contributed by atoms with Crippen LogP contribution in [0.1, 0.15) is 95.3 Å². The van der Waals surface area contributed by atoms with Gasteiger partial charge in [-0.1, -0.05) is 68.1 Å². The lowest BCUT2D eigenvalue weighted by Gasteiger charge is -2.32. The number of esters is 2. The molecule has 0 N–H and O–H groups in total. The molecular weight excluding hydrogens is 532 g/mol. The third-order valence-electron chi connectivity index (χ3n) is 8.41. The standard InChI is InChI=1S/C35H44O7/c1-35(2)24-41-31(36)19-8-3-4-11-22-40-27-16-12-15-26(23-27)30(21-20-25-13-6-5-7-14-25)42-34(39)29-18-10-9-17-28(29)32(37)33(35)38/h5-7,12-16,23,28-30H,3-4,8-11,17-22,24H2,1-2H3/t28?,29-,30-/m1/s1. The summed E-state index contributed by atoms with van der Waals surface area (Å²) in [6.45, 7) is 3.63. The number of hydrogen-bond donors (Lipinski definition) is 0. The van der Waals surface area contributed by atoms with Crippen molar-refractivity contribution in [2.24, 2.45) is 17.3 Å². The van der Waals surface area contributed by atoms with Crippen LogP contribution in [0.2, 0.25) is 0 Å². The Labute approximate surface area is 249 Å². The van der Waals surface area contributed by atoms with E-state index in [9.17, 15) is 19.2 Å². The van der Waals surface area contributed by atoms with Gasteiger partial charge in [0.05, 0.1) is 17.9 Å². The van der Waals surface area contributed by atoms with E-state index in [-0.39, 0.29) is 19.0 Å². The average Bonchev–Trinajstić information content (AvgIpc) is 3.01. The fourth-order valence-corrected chi connectivity index (χ4v) is 5.81. The van der Waals surface area contributed by atoms with E-state index in [0.29, 0.717) is 44.5 Å². The van der Waals surface area contributed by atoms with Crippen LogP contribution in [-0.4, -0.2) is 36.7 Å². The van der Waals surface area contributed by atoms with Crippen molar-refractivity contribution in [2.45, 2.75) is 90.6 Å². The van der Waals surface area contributed by atoms with Crippen LogP contribution in [0.5, 0.6) is 5.75 Å². The maximum absolute atomic E-state index is 13.8. The molecule has 226 valence electrons. The summed E-state index contributed by atoms with van der Waals surface area (Å²) >= 11 is 0. The summed E-state index contributed by atoms with van der Waals surface area (Å²) in [6.07, 6.45) is 6.82. The first-order chi connectivity index (χ1) is 20.2. The summed E-state index contributed by atoms with van der Waals surface area (Å²) in [6, 6.07) is 17.7. The quantitative estimate of drug-likeness (QED) is 0.294. The molecule has 4 rings (SSSR count). The summed E-state index contributed by atoms with van der Waals surface area (Å²) in [7, 11) is 0. The van der Waals surface area contributed by atoms with Crippen LogP contribution in [0.15, 0.2) is 54.6 Å². The van der Waals surface area contributed by atoms with Gasteiger partial charge in [0.1, 0.15) is 18.5 Å². The molecule has 0 saturated heterocycles. The molecule has 1 unspecified atom stereocenters. The Morgan fingerprint density at radius 2 is 1.52 bits per heavy atom. The van der Waals surface area contributed by atoms with Gasteiger partial charge in [-0.25, -0.2) is 0 Å². The van der Waals surface area contributed by atoms with E-state index in [2.05, 4.69) is 12.1 Å². The van der Waals surface area contributed by atoms with Crippen LogP contribution < -0.4 is 4.74 Å². The smallest absolute Gasteiger partial charge is 0.310 e. The summed E-state index contributed by atoms with van der Waals surface area (Å²) in [5.41, 5.74) is 0.810. The number of ketones is 2. The van der Waals surface area contributed by atoms with E-state index in [1.54, 1.807) is 13.8 Å². The Morgan fingerprint density at radius 3 is 2.31 bits per heavy atom. The first kappa shape index (κ1) is 31.5. The zero-order valence-electron chi connectivity index (χ0n) is 25.0. The van der Waals surface area contributed by atoms with E-state index >= 15 is 0 Å². The molecule has 7 nitrogen and oxygen atoms in total. The molecule has 42 heavy (non-hydrogen) atoms. The molecule has 2 aromatic rings. The molecule has 0 radical (unpaired) electrons. The van der Waals surface area contributed by atoms with Gasteiger partial charge in [-0.15, -0.1) is 0 Å². The summed E-state index contributed by atoms with van der Waals surface area (Å²) in [5, 5.41) is 0. The summed E-state index contributed by atoms with van der Waals surface area (Å²) in [5.74, 6) is -2.71. The number of carbonyl (C=O) groups is 4. The average molecular weight is 577 g/mol. The number of cyclic esters (lactones) is 2. The van der Waals surface area contributed by atoms with Crippen molar-refractivity contribution < 1.29 is 33.4 Å². The third-order valence-corrected chi connectivity index (χ3v) is 8.41. The van der Waals surface area contributed by atoms with Gasteiger partial charge in [-0.3, -0.25) is 19.2 Å². The van der Waals surface area contributed by atoms with Crippen LogP contribution in [0.4, 0.5) is 0 Å². The van der Waals surface area contributed by atoms with E-state index in [1.807, 2.05) is 42.5 Å². The second-order valence-electron chi connectivity index (χ2n) is 12.3. The van der Waals surface area contributed by atoms with Gasteiger partial charge >= 0.3 is 11.9 Å². The number of aryl methyl sites for hydroxylation is 1. The van der Waals surface area contributed by atoms with Crippen molar-refractivity contribution in [3.05, 3.63) is 65.7 Å². The van der Waals surface area contributed by atoms with Crippen molar-refractivity contribution in [1.82, 2.24) is 0 Å². The highest BCUT2D eigenvalue weighted by molar-refractivity contribution is 6.40. The monoisotopic (exact) mass is 576 g/mol. The maximum atomic E-state index is 13.8. The lowest BCUT2D eigenvalue weighted by molar-refractivity contribution is -0.162. The predicted molar refractivity (Wildman–Crippen MR) is 159 cm³/mol. The number of rotatable bonds is 3. The van der Waals surface area contributed by atoms with Crippen LogP contribution in [0, 0.1) is 17.3 Å². The minimum atomic E-state index is -1.17. The molecule has 1 fully saturated rings. The fourth-order valence-electron chi connectivity index (χ4n) is 5.81. The first-order valence-electron chi connectivity index (χ1n) is 15.5. The summed E-state index contributed by atoms with van der Waals surface area (Å²) in [4.78, 5) is 53.0. The van der Waals surface area contributed by atoms with Crippen LogP contribution >= 0.6 is 0 Å². The zero-order valence-corrected chi connectivity index (χ0v) is 25.0. The van der Waals surface area contributed by atoms with Gasteiger partial charge in [0, 0.05) is 12.3 Å². The lowest BCUT2D eigenvalue weighted by Crippen LogP contribution is -2.43. The molecule has 0 aromatic heterocycles. The largest absolute Gasteiger partial charge is 0.494 e. The van der Waals surface area contributed by atoms with Crippen molar-refractivity contribution in [2.75, 3.05) is 13.2 Å². The Morgan fingerprint density at radius 1 is 0.786 bits per heavy atom. The molecule has 2 bridgehead atoms. The number of ether oxygens (including phenoxy) is 3. The highest BCUT2D eigenvalue weighted by Crippen LogP contribution is 2.36. The Hall–Kier alpha value is -3.48. The molecule has 3 atom stereocenters. The van der Waals surface area contributed by atoms with Crippen molar-refractivity contribution >= 4 is 23.5 Å². The number of carbonyl (C=O) groups excluding carboxylic acids is 4. The molecule has 1 saturated carbocycles. The second-order valence-corrected chi connectivity index (χ2v) is 12.3. The normalized spacial score (nSPS) is 24.8. The van der Waals surface area contributed by atoms with Crippen molar-refractivity contribution in [3.63, 3.8) is 0 Å². The second kappa shape index (κ2) is 15.1. The van der Waals surface area contributed by atoms with Gasteiger partial charge in [0.2, 0.25) is 11.6 Å². The van der Waals surface area contributed by atoms with Crippen molar-refractivity contribution in [1.29, 1.82) is 0 Å². The minimum absolute atomic E-state index is 0.163. The van der Waals surface area contributed by atoms with Crippen LogP contribution in [0.25, 0.3) is 0 Å². The van der Waals surface area contributed by atoms with Gasteiger partial charge in [0.15, 0.2) is 0 Å². The summed E-state index contributed by atoms with van der Waals surface area (Å²) < 4.78 is 17.6. The number of fused-ring (bicyclic) bond motifs is 3. The van der Waals surface area contributed by atoms with Gasteiger partial charge in [0.25, 0.3) is 0 Å². The SMILES string of the molecule is CC1(C)COC(=O)CCCCCCOc2cccc(c2)[C@@H](CCc2ccccc2)OC(=O)[C@@H]2CCCCC2C(=O)C1=O. The van der Waals surface area contributed by atoms with Crippen LogP contribution in [0.3, 0.4) is 0 Å². The minimum Gasteiger partial charge on any atom is -0.494 e. The topological polar surface area (TPSA) is 96.0 Å². The van der Waals surface area contributed by atoms with E-state index in [0.717, 1.165) is 43.2 Å². The highest BCUT2D eigenvalue weighted by Gasteiger charge is 2.44. The molecule has 0 spiro atoms. The number of Topliss-reactive ketones (excluding diaryl/α,β-unsaturated/α-hetero) is 2. The molecule has 7 heteroatoms. The number of benzene rings is 2. The van der Waals surface area contributed by atoms with Crippen LogP contribution in [-0.2, 0) is 35.1 Å². The zero-order chi connectivity index (χ0) is 30.0.